The molecular weight excluding hydrogens is 178 g/mol. The molecule has 0 amide bonds. The minimum Gasteiger partial charge on any atom is -0.388 e. The Morgan fingerprint density at radius 1 is 1.50 bits per heavy atom. The molecule has 3 heteroatoms. The van der Waals surface area contributed by atoms with Crippen molar-refractivity contribution in [3.8, 4) is 0 Å². The second-order valence-electron chi connectivity index (χ2n) is 4.36. The Morgan fingerprint density at radius 3 is 3.00 bits per heavy atom. The van der Waals surface area contributed by atoms with E-state index in [-0.39, 0.29) is 6.10 Å². The Kier molecular flexibility index (Phi) is 1.89. The van der Waals surface area contributed by atoms with E-state index in [4.69, 9.17) is 4.74 Å². The van der Waals surface area contributed by atoms with Crippen LogP contribution in [0.3, 0.4) is 0 Å². The maximum absolute atomic E-state index is 10.1. The lowest BCUT2D eigenvalue weighted by Crippen LogP contribution is -2.23. The van der Waals surface area contributed by atoms with Crippen molar-refractivity contribution >= 4 is 0 Å². The van der Waals surface area contributed by atoms with Crippen LogP contribution in [-0.2, 0) is 4.74 Å². The minimum absolute atomic E-state index is 0.296. The molecule has 0 spiro atoms. The molecule has 0 aliphatic carbocycles. The van der Waals surface area contributed by atoms with E-state index >= 15 is 0 Å². The maximum atomic E-state index is 10.1. The van der Waals surface area contributed by atoms with Crippen molar-refractivity contribution in [3.05, 3.63) is 24.0 Å². The molecule has 3 heterocycles. The van der Waals surface area contributed by atoms with Crippen LogP contribution in [0.2, 0.25) is 0 Å². The van der Waals surface area contributed by atoms with Gasteiger partial charge in [0, 0.05) is 18.3 Å². The van der Waals surface area contributed by atoms with Gasteiger partial charge < -0.3 is 14.8 Å². The second-order valence-corrected chi connectivity index (χ2v) is 4.36. The van der Waals surface area contributed by atoms with E-state index in [1.165, 1.54) is 6.42 Å². The molecule has 1 aromatic rings. The zero-order valence-corrected chi connectivity index (χ0v) is 8.02. The molecule has 4 atom stereocenters. The number of hydrogen-bond acceptors (Lipinski definition) is 2. The fraction of sp³-hybridized carbons (Fsp3) is 0.636. The SMILES string of the molecule is OC(c1cc[nH]c1)C1CC2CCC1O2. The first-order chi connectivity index (χ1) is 6.84. The summed E-state index contributed by atoms with van der Waals surface area (Å²) in [6, 6.07) is 1.94. The van der Waals surface area contributed by atoms with Crippen molar-refractivity contribution < 1.29 is 9.84 Å². The van der Waals surface area contributed by atoms with Gasteiger partial charge in [0.1, 0.15) is 0 Å². The van der Waals surface area contributed by atoms with Crippen molar-refractivity contribution in [2.75, 3.05) is 0 Å². The molecule has 76 valence electrons. The van der Waals surface area contributed by atoms with Crippen LogP contribution in [0.4, 0.5) is 0 Å². The number of H-pyrrole nitrogens is 1. The molecule has 0 saturated carbocycles. The molecule has 0 aromatic carbocycles. The van der Waals surface area contributed by atoms with E-state index < -0.39 is 0 Å². The number of aliphatic hydroxyl groups is 1. The summed E-state index contributed by atoms with van der Waals surface area (Å²) < 4.78 is 5.73. The van der Waals surface area contributed by atoms with Crippen molar-refractivity contribution in [3.63, 3.8) is 0 Å². The number of hydrogen-bond donors (Lipinski definition) is 2. The number of rotatable bonds is 2. The zero-order valence-electron chi connectivity index (χ0n) is 8.02. The molecule has 2 fully saturated rings. The van der Waals surface area contributed by atoms with Gasteiger partial charge in [-0.3, -0.25) is 0 Å². The van der Waals surface area contributed by atoms with Crippen LogP contribution in [0.25, 0.3) is 0 Å². The van der Waals surface area contributed by atoms with Crippen LogP contribution < -0.4 is 0 Å². The summed E-state index contributed by atoms with van der Waals surface area (Å²) in [4.78, 5) is 2.98. The van der Waals surface area contributed by atoms with Crippen LogP contribution in [0.5, 0.6) is 0 Å². The smallest absolute Gasteiger partial charge is 0.0858 e. The lowest BCUT2D eigenvalue weighted by Gasteiger charge is -2.23. The number of aromatic amines is 1. The van der Waals surface area contributed by atoms with Crippen LogP contribution in [0.15, 0.2) is 18.5 Å². The first-order valence-corrected chi connectivity index (χ1v) is 5.31. The Bertz CT molecular complexity index is 309. The van der Waals surface area contributed by atoms with Crippen molar-refractivity contribution in [2.24, 2.45) is 5.92 Å². The fourth-order valence-electron chi connectivity index (χ4n) is 2.78. The third-order valence-electron chi connectivity index (χ3n) is 3.52. The summed E-state index contributed by atoms with van der Waals surface area (Å²) in [5, 5.41) is 10.1. The van der Waals surface area contributed by atoms with Crippen molar-refractivity contribution in [1.82, 2.24) is 4.98 Å². The highest BCUT2D eigenvalue weighted by Crippen LogP contribution is 2.44. The summed E-state index contributed by atoms with van der Waals surface area (Å²) in [6.45, 7) is 0. The Balaban J connectivity index is 1.77. The van der Waals surface area contributed by atoms with Gasteiger partial charge in [0.15, 0.2) is 0 Å². The van der Waals surface area contributed by atoms with Gasteiger partial charge in [-0.1, -0.05) is 0 Å². The Labute approximate surface area is 83.1 Å². The first kappa shape index (κ1) is 8.50. The van der Waals surface area contributed by atoms with E-state index in [1.807, 2.05) is 18.5 Å². The molecule has 4 unspecified atom stereocenters. The van der Waals surface area contributed by atoms with Gasteiger partial charge in [0.2, 0.25) is 0 Å². The van der Waals surface area contributed by atoms with Gasteiger partial charge >= 0.3 is 0 Å². The lowest BCUT2D eigenvalue weighted by molar-refractivity contribution is 0.0423. The average Bonchev–Trinajstić information content (AvgIpc) is 2.93. The van der Waals surface area contributed by atoms with E-state index in [0.29, 0.717) is 18.1 Å². The van der Waals surface area contributed by atoms with E-state index in [0.717, 1.165) is 18.4 Å². The highest BCUT2D eigenvalue weighted by atomic mass is 16.5. The predicted molar refractivity (Wildman–Crippen MR) is 51.8 cm³/mol. The topological polar surface area (TPSA) is 45.2 Å². The summed E-state index contributed by atoms with van der Waals surface area (Å²) in [5.41, 5.74) is 0.992. The monoisotopic (exact) mass is 193 g/mol. The van der Waals surface area contributed by atoms with Crippen LogP contribution >= 0.6 is 0 Å². The quantitative estimate of drug-likeness (QED) is 0.749. The van der Waals surface area contributed by atoms with Gasteiger partial charge in [-0.25, -0.2) is 0 Å². The van der Waals surface area contributed by atoms with E-state index in [2.05, 4.69) is 4.98 Å². The van der Waals surface area contributed by atoms with Crippen LogP contribution in [0, 0.1) is 5.92 Å². The van der Waals surface area contributed by atoms with Gasteiger partial charge in [-0.15, -0.1) is 0 Å². The fourth-order valence-corrected chi connectivity index (χ4v) is 2.78. The molecule has 14 heavy (non-hydrogen) atoms. The molecule has 2 aliphatic rings. The summed E-state index contributed by atoms with van der Waals surface area (Å²) >= 11 is 0. The van der Waals surface area contributed by atoms with Gasteiger partial charge in [0.05, 0.1) is 18.3 Å². The number of aromatic nitrogens is 1. The number of ether oxygens (including phenoxy) is 1. The highest BCUT2D eigenvalue weighted by molar-refractivity contribution is 5.14. The van der Waals surface area contributed by atoms with Crippen LogP contribution in [0.1, 0.15) is 30.9 Å². The largest absolute Gasteiger partial charge is 0.388 e. The van der Waals surface area contributed by atoms with E-state index in [1.54, 1.807) is 0 Å². The summed E-state index contributed by atoms with van der Waals surface area (Å²) in [7, 11) is 0. The lowest BCUT2D eigenvalue weighted by atomic mass is 9.83. The minimum atomic E-state index is -0.350. The van der Waals surface area contributed by atoms with Gasteiger partial charge in [-0.2, -0.15) is 0 Å². The van der Waals surface area contributed by atoms with Crippen LogP contribution in [-0.4, -0.2) is 22.3 Å². The molecule has 2 bridgehead atoms. The molecule has 3 nitrogen and oxygen atoms in total. The third-order valence-corrected chi connectivity index (χ3v) is 3.52. The van der Waals surface area contributed by atoms with Gasteiger partial charge in [0.25, 0.3) is 0 Å². The maximum Gasteiger partial charge on any atom is 0.0858 e. The molecule has 3 rings (SSSR count). The predicted octanol–water partition coefficient (Wildman–Crippen LogP) is 1.62. The highest BCUT2D eigenvalue weighted by Gasteiger charge is 2.44. The molecule has 0 radical (unpaired) electrons. The average molecular weight is 193 g/mol. The molecule has 2 aliphatic heterocycles. The van der Waals surface area contributed by atoms with E-state index in [9.17, 15) is 5.11 Å². The van der Waals surface area contributed by atoms with Gasteiger partial charge in [-0.05, 0) is 30.9 Å². The number of fused-ring (bicyclic) bond motifs is 2. The Morgan fingerprint density at radius 2 is 2.43 bits per heavy atom. The van der Waals surface area contributed by atoms with Crippen molar-refractivity contribution in [1.29, 1.82) is 0 Å². The molecule has 1 aromatic heterocycles. The zero-order chi connectivity index (χ0) is 9.54. The van der Waals surface area contributed by atoms with Crippen molar-refractivity contribution in [2.45, 2.75) is 37.6 Å². The number of aliphatic hydroxyl groups excluding tert-OH is 1. The third kappa shape index (κ3) is 1.20. The summed E-state index contributed by atoms with van der Waals surface area (Å²) in [6.07, 6.45) is 7.41. The first-order valence-electron chi connectivity index (χ1n) is 5.31. The normalized spacial score (nSPS) is 37.6. The molecule has 2 saturated heterocycles. The standard InChI is InChI=1S/C11H15NO2/c13-11(7-3-4-12-6-7)9-5-8-1-2-10(9)14-8/h3-4,6,8-13H,1-2,5H2. The number of nitrogens with one attached hydrogen (secondary N) is 1. The molecular formula is C11H15NO2. The second kappa shape index (κ2) is 3.11. The Hall–Kier alpha value is -0.800. The molecule has 2 N–H and O–H groups in total. The summed E-state index contributed by atoms with van der Waals surface area (Å²) in [5.74, 6) is 0.310.